The fourth-order valence-corrected chi connectivity index (χ4v) is 2.94. The van der Waals surface area contributed by atoms with E-state index in [2.05, 4.69) is 62.2 Å². The fraction of sp³-hybridized carbons (Fsp3) is 0.625. The first-order chi connectivity index (χ1) is 8.59. The zero-order valence-electron chi connectivity index (χ0n) is 12.1. The van der Waals surface area contributed by atoms with Crippen LogP contribution in [0, 0.1) is 5.92 Å². The molecule has 2 rings (SSSR count). The lowest BCUT2D eigenvalue weighted by Crippen LogP contribution is -2.44. The van der Waals surface area contributed by atoms with Crippen LogP contribution < -0.4 is 10.2 Å². The summed E-state index contributed by atoms with van der Waals surface area (Å²) in [5.74, 6) is 0.723. The molecule has 0 aromatic heterocycles. The van der Waals surface area contributed by atoms with Crippen LogP contribution in [0.2, 0.25) is 0 Å². The summed E-state index contributed by atoms with van der Waals surface area (Å²) in [7, 11) is 0. The summed E-state index contributed by atoms with van der Waals surface area (Å²) in [5.41, 5.74) is 2.93. The maximum atomic E-state index is 3.57. The predicted molar refractivity (Wildman–Crippen MR) is 79.3 cm³/mol. The molecule has 1 heterocycles. The number of hydrogen-bond acceptors (Lipinski definition) is 2. The number of benzene rings is 1. The molecule has 0 amide bonds. The van der Waals surface area contributed by atoms with Gasteiger partial charge in [0.2, 0.25) is 0 Å². The van der Waals surface area contributed by atoms with Crippen molar-refractivity contribution >= 4 is 5.69 Å². The third-order valence-corrected chi connectivity index (χ3v) is 3.73. The normalized spacial score (nSPS) is 20.3. The Labute approximate surface area is 111 Å². The van der Waals surface area contributed by atoms with E-state index < -0.39 is 0 Å². The molecular formula is C16H26N2. The van der Waals surface area contributed by atoms with Crippen LogP contribution in [-0.4, -0.2) is 25.2 Å². The van der Waals surface area contributed by atoms with Gasteiger partial charge in [0.1, 0.15) is 0 Å². The topological polar surface area (TPSA) is 15.3 Å². The Balaban J connectivity index is 1.99. The number of para-hydroxylation sites is 1. The van der Waals surface area contributed by atoms with Crippen molar-refractivity contribution in [3.8, 4) is 0 Å². The monoisotopic (exact) mass is 246 g/mol. The molecule has 0 saturated heterocycles. The first-order valence-electron chi connectivity index (χ1n) is 7.16. The van der Waals surface area contributed by atoms with Gasteiger partial charge in [0.05, 0.1) is 0 Å². The molecule has 0 spiro atoms. The highest BCUT2D eigenvalue weighted by molar-refractivity contribution is 5.59. The van der Waals surface area contributed by atoms with Crippen molar-refractivity contribution in [2.24, 2.45) is 5.92 Å². The van der Waals surface area contributed by atoms with E-state index in [0.717, 1.165) is 19.0 Å². The predicted octanol–water partition coefficient (Wildman–Crippen LogP) is 3.07. The Bertz CT molecular complexity index is 386. The number of fused-ring (bicyclic) bond motifs is 1. The zero-order valence-corrected chi connectivity index (χ0v) is 12.1. The largest absolute Gasteiger partial charge is 0.364 e. The minimum atomic E-state index is 0.558. The van der Waals surface area contributed by atoms with E-state index in [1.165, 1.54) is 17.7 Å². The van der Waals surface area contributed by atoms with E-state index in [1.54, 1.807) is 0 Å². The van der Waals surface area contributed by atoms with E-state index in [9.17, 15) is 0 Å². The highest BCUT2D eigenvalue weighted by Crippen LogP contribution is 2.33. The number of anilines is 1. The second kappa shape index (κ2) is 5.75. The van der Waals surface area contributed by atoms with Crippen molar-refractivity contribution in [1.82, 2.24) is 5.32 Å². The van der Waals surface area contributed by atoms with Gasteiger partial charge in [0.25, 0.3) is 0 Å². The van der Waals surface area contributed by atoms with Crippen molar-refractivity contribution in [3.63, 3.8) is 0 Å². The minimum Gasteiger partial charge on any atom is -0.364 e. The van der Waals surface area contributed by atoms with Crippen LogP contribution in [0.3, 0.4) is 0 Å². The van der Waals surface area contributed by atoms with Crippen LogP contribution in [0.1, 0.15) is 33.3 Å². The number of hydrogen-bond donors (Lipinski definition) is 1. The SMILES string of the molecule is CC(C)CNCC(C)N1c2ccccc2CC1C. The molecule has 0 saturated carbocycles. The maximum absolute atomic E-state index is 3.57. The molecule has 0 radical (unpaired) electrons. The van der Waals surface area contributed by atoms with E-state index in [-0.39, 0.29) is 0 Å². The highest BCUT2D eigenvalue weighted by atomic mass is 15.2. The molecule has 18 heavy (non-hydrogen) atoms. The van der Waals surface area contributed by atoms with Crippen LogP contribution in [0.15, 0.2) is 24.3 Å². The van der Waals surface area contributed by atoms with Gasteiger partial charge in [0.15, 0.2) is 0 Å². The third kappa shape index (κ3) is 2.86. The maximum Gasteiger partial charge on any atom is 0.0404 e. The molecule has 2 nitrogen and oxygen atoms in total. The van der Waals surface area contributed by atoms with Gasteiger partial charge in [-0.3, -0.25) is 0 Å². The second-order valence-electron chi connectivity index (χ2n) is 5.99. The smallest absolute Gasteiger partial charge is 0.0404 e. The summed E-state index contributed by atoms with van der Waals surface area (Å²) in [6, 6.07) is 10.0. The van der Waals surface area contributed by atoms with Crippen molar-refractivity contribution in [2.45, 2.75) is 46.2 Å². The fourth-order valence-electron chi connectivity index (χ4n) is 2.94. The van der Waals surface area contributed by atoms with Gasteiger partial charge in [-0.2, -0.15) is 0 Å². The molecule has 1 aliphatic heterocycles. The molecule has 1 aromatic rings. The van der Waals surface area contributed by atoms with Crippen LogP contribution in [0.5, 0.6) is 0 Å². The Hall–Kier alpha value is -1.02. The lowest BCUT2D eigenvalue weighted by molar-refractivity contribution is 0.492. The van der Waals surface area contributed by atoms with Crippen molar-refractivity contribution in [1.29, 1.82) is 0 Å². The Morgan fingerprint density at radius 2 is 1.94 bits per heavy atom. The molecule has 0 aliphatic carbocycles. The molecule has 0 bridgehead atoms. The van der Waals surface area contributed by atoms with Crippen LogP contribution >= 0.6 is 0 Å². The van der Waals surface area contributed by atoms with Crippen LogP contribution in [0.25, 0.3) is 0 Å². The zero-order chi connectivity index (χ0) is 13.1. The molecule has 0 fully saturated rings. The lowest BCUT2D eigenvalue weighted by atomic mass is 10.1. The van der Waals surface area contributed by atoms with E-state index >= 15 is 0 Å². The summed E-state index contributed by atoms with van der Waals surface area (Å²) < 4.78 is 0. The van der Waals surface area contributed by atoms with Crippen molar-refractivity contribution < 1.29 is 0 Å². The first-order valence-corrected chi connectivity index (χ1v) is 7.16. The van der Waals surface area contributed by atoms with Gasteiger partial charge in [-0.05, 0) is 44.4 Å². The van der Waals surface area contributed by atoms with Gasteiger partial charge in [-0.25, -0.2) is 0 Å². The van der Waals surface area contributed by atoms with E-state index in [0.29, 0.717) is 12.1 Å². The quantitative estimate of drug-likeness (QED) is 0.859. The molecule has 1 N–H and O–H groups in total. The van der Waals surface area contributed by atoms with E-state index in [4.69, 9.17) is 0 Å². The second-order valence-corrected chi connectivity index (χ2v) is 5.99. The third-order valence-electron chi connectivity index (χ3n) is 3.73. The van der Waals surface area contributed by atoms with Crippen LogP contribution in [0.4, 0.5) is 5.69 Å². The molecule has 100 valence electrons. The average molecular weight is 246 g/mol. The molecule has 2 atom stereocenters. The van der Waals surface area contributed by atoms with Gasteiger partial charge in [-0.1, -0.05) is 32.0 Å². The molecule has 2 heteroatoms. The highest BCUT2D eigenvalue weighted by Gasteiger charge is 2.28. The van der Waals surface area contributed by atoms with Gasteiger partial charge >= 0.3 is 0 Å². The minimum absolute atomic E-state index is 0.558. The van der Waals surface area contributed by atoms with Crippen LogP contribution in [-0.2, 0) is 6.42 Å². The summed E-state index contributed by atoms with van der Waals surface area (Å²) in [4.78, 5) is 2.57. The summed E-state index contributed by atoms with van der Waals surface area (Å²) in [5, 5.41) is 3.57. The molecule has 1 aromatic carbocycles. The van der Waals surface area contributed by atoms with Gasteiger partial charge < -0.3 is 10.2 Å². The first kappa shape index (κ1) is 13.4. The van der Waals surface area contributed by atoms with Crippen molar-refractivity contribution in [3.05, 3.63) is 29.8 Å². The van der Waals surface area contributed by atoms with Crippen molar-refractivity contribution in [2.75, 3.05) is 18.0 Å². The summed E-state index contributed by atoms with van der Waals surface area (Å²) >= 11 is 0. The number of nitrogens with zero attached hydrogens (tertiary/aromatic N) is 1. The number of nitrogens with one attached hydrogen (secondary N) is 1. The standard InChI is InChI=1S/C16H26N2/c1-12(2)10-17-11-14(4)18-13(3)9-15-7-5-6-8-16(15)18/h5-8,12-14,17H,9-11H2,1-4H3. The lowest BCUT2D eigenvalue weighted by Gasteiger charge is -2.32. The molecular weight excluding hydrogens is 220 g/mol. The summed E-state index contributed by atoms with van der Waals surface area (Å²) in [6.07, 6.45) is 1.19. The Morgan fingerprint density at radius 1 is 1.22 bits per heavy atom. The van der Waals surface area contributed by atoms with E-state index in [1.807, 2.05) is 0 Å². The average Bonchev–Trinajstić information content (AvgIpc) is 2.64. The Kier molecular flexibility index (Phi) is 4.28. The molecule has 1 aliphatic rings. The number of rotatable bonds is 5. The van der Waals surface area contributed by atoms with Gasteiger partial charge in [-0.15, -0.1) is 0 Å². The molecule has 2 unspecified atom stereocenters. The Morgan fingerprint density at radius 3 is 2.67 bits per heavy atom. The summed E-state index contributed by atoms with van der Waals surface area (Å²) in [6.45, 7) is 11.3. The van der Waals surface area contributed by atoms with Gasteiger partial charge in [0, 0.05) is 24.3 Å².